The molecule has 1 rings (SSSR count). The van der Waals surface area contributed by atoms with Crippen molar-refractivity contribution in [3.8, 4) is 5.75 Å². The van der Waals surface area contributed by atoms with Gasteiger partial charge in [-0.1, -0.05) is 0 Å². The molecular formula is C8H9FO2. The summed E-state index contributed by atoms with van der Waals surface area (Å²) < 4.78 is 12.8. The molecule has 0 saturated carbocycles. The van der Waals surface area contributed by atoms with Crippen LogP contribution in [0.4, 0.5) is 4.39 Å². The summed E-state index contributed by atoms with van der Waals surface area (Å²) in [4.78, 5) is 0. The second-order valence-corrected chi connectivity index (χ2v) is 2.39. The highest BCUT2D eigenvalue weighted by molar-refractivity contribution is 5.35. The van der Waals surface area contributed by atoms with Crippen LogP contribution in [-0.2, 0) is 6.61 Å². The van der Waals surface area contributed by atoms with E-state index in [1.54, 1.807) is 6.92 Å². The third-order valence-electron chi connectivity index (χ3n) is 1.54. The number of aryl methyl sites for hydroxylation is 1. The second-order valence-electron chi connectivity index (χ2n) is 2.39. The van der Waals surface area contributed by atoms with E-state index < -0.39 is 5.82 Å². The summed E-state index contributed by atoms with van der Waals surface area (Å²) in [6.45, 7) is 1.21. The van der Waals surface area contributed by atoms with Gasteiger partial charge in [0.2, 0.25) is 0 Å². The van der Waals surface area contributed by atoms with E-state index >= 15 is 0 Å². The van der Waals surface area contributed by atoms with Gasteiger partial charge in [0, 0.05) is 5.56 Å². The van der Waals surface area contributed by atoms with E-state index in [1.807, 2.05) is 0 Å². The van der Waals surface area contributed by atoms with Gasteiger partial charge < -0.3 is 10.2 Å². The minimum Gasteiger partial charge on any atom is -0.508 e. The van der Waals surface area contributed by atoms with E-state index in [4.69, 9.17) is 10.2 Å². The molecule has 0 heterocycles. The smallest absolute Gasteiger partial charge is 0.129 e. The molecule has 0 spiro atoms. The fourth-order valence-electron chi connectivity index (χ4n) is 0.826. The van der Waals surface area contributed by atoms with Gasteiger partial charge >= 0.3 is 0 Å². The third-order valence-corrected chi connectivity index (χ3v) is 1.54. The Kier molecular flexibility index (Phi) is 2.10. The van der Waals surface area contributed by atoms with Crippen LogP contribution in [0.5, 0.6) is 5.75 Å². The first-order valence-electron chi connectivity index (χ1n) is 3.24. The first-order valence-corrected chi connectivity index (χ1v) is 3.24. The molecule has 0 aliphatic heterocycles. The molecule has 0 aliphatic rings. The van der Waals surface area contributed by atoms with Gasteiger partial charge in [-0.05, 0) is 24.6 Å². The standard InChI is InChI=1S/C8H9FO2/c1-5-2-7(9)6(4-10)3-8(5)11/h2-3,10-11H,4H2,1H3. The summed E-state index contributed by atoms with van der Waals surface area (Å²) in [7, 11) is 0. The molecule has 0 radical (unpaired) electrons. The van der Waals surface area contributed by atoms with Crippen LogP contribution in [0.15, 0.2) is 12.1 Å². The molecule has 0 bridgehead atoms. The molecule has 60 valence electrons. The SMILES string of the molecule is Cc1cc(F)c(CO)cc1O. The normalized spacial score (nSPS) is 10.1. The Morgan fingerprint density at radius 1 is 1.45 bits per heavy atom. The minimum atomic E-state index is -0.484. The molecule has 0 fully saturated rings. The number of phenolic OH excluding ortho intramolecular Hbond substituents is 1. The van der Waals surface area contributed by atoms with Crippen molar-refractivity contribution in [2.45, 2.75) is 13.5 Å². The molecule has 2 nitrogen and oxygen atoms in total. The molecule has 0 amide bonds. The number of benzene rings is 1. The maximum atomic E-state index is 12.8. The summed E-state index contributed by atoms with van der Waals surface area (Å²) >= 11 is 0. The number of halogens is 1. The van der Waals surface area contributed by atoms with Crippen LogP contribution in [0.2, 0.25) is 0 Å². The van der Waals surface area contributed by atoms with Gasteiger partial charge in [-0.3, -0.25) is 0 Å². The monoisotopic (exact) mass is 156 g/mol. The van der Waals surface area contributed by atoms with Gasteiger partial charge in [-0.25, -0.2) is 4.39 Å². The molecule has 1 aromatic carbocycles. The van der Waals surface area contributed by atoms with Gasteiger partial charge in [-0.2, -0.15) is 0 Å². The Hall–Kier alpha value is -1.09. The van der Waals surface area contributed by atoms with Gasteiger partial charge in [0.1, 0.15) is 11.6 Å². The van der Waals surface area contributed by atoms with Gasteiger partial charge in [0.25, 0.3) is 0 Å². The number of aliphatic hydroxyl groups is 1. The largest absolute Gasteiger partial charge is 0.508 e. The van der Waals surface area contributed by atoms with Crippen LogP contribution < -0.4 is 0 Å². The van der Waals surface area contributed by atoms with Crippen molar-refractivity contribution in [3.63, 3.8) is 0 Å². The van der Waals surface area contributed by atoms with Crippen LogP contribution in [0.3, 0.4) is 0 Å². The van der Waals surface area contributed by atoms with Crippen molar-refractivity contribution < 1.29 is 14.6 Å². The van der Waals surface area contributed by atoms with Crippen molar-refractivity contribution in [2.24, 2.45) is 0 Å². The lowest BCUT2D eigenvalue weighted by Gasteiger charge is -2.02. The average Bonchev–Trinajstić information content (AvgIpc) is 1.97. The zero-order valence-corrected chi connectivity index (χ0v) is 6.13. The highest BCUT2D eigenvalue weighted by atomic mass is 19.1. The van der Waals surface area contributed by atoms with Crippen molar-refractivity contribution in [1.29, 1.82) is 0 Å². The third kappa shape index (κ3) is 1.49. The lowest BCUT2D eigenvalue weighted by Crippen LogP contribution is -1.90. The van der Waals surface area contributed by atoms with E-state index in [9.17, 15) is 4.39 Å². The molecule has 1 aromatic rings. The van der Waals surface area contributed by atoms with Crippen molar-refractivity contribution in [2.75, 3.05) is 0 Å². The topological polar surface area (TPSA) is 40.5 Å². The average molecular weight is 156 g/mol. The Labute approximate surface area is 63.9 Å². The molecule has 11 heavy (non-hydrogen) atoms. The highest BCUT2D eigenvalue weighted by Crippen LogP contribution is 2.20. The molecule has 0 unspecified atom stereocenters. The number of hydrogen-bond donors (Lipinski definition) is 2. The van der Waals surface area contributed by atoms with Crippen LogP contribution in [0.1, 0.15) is 11.1 Å². The van der Waals surface area contributed by atoms with Crippen LogP contribution >= 0.6 is 0 Å². The first-order chi connectivity index (χ1) is 5.15. The Balaban J connectivity index is 3.21. The number of rotatable bonds is 1. The zero-order valence-electron chi connectivity index (χ0n) is 6.13. The maximum Gasteiger partial charge on any atom is 0.129 e. The number of hydrogen-bond acceptors (Lipinski definition) is 2. The van der Waals surface area contributed by atoms with Crippen molar-refractivity contribution in [1.82, 2.24) is 0 Å². The Morgan fingerprint density at radius 2 is 2.09 bits per heavy atom. The first kappa shape index (κ1) is 8.01. The van der Waals surface area contributed by atoms with E-state index in [1.165, 1.54) is 12.1 Å². The Morgan fingerprint density at radius 3 is 2.64 bits per heavy atom. The maximum absolute atomic E-state index is 12.8. The van der Waals surface area contributed by atoms with E-state index in [0.717, 1.165) is 0 Å². The number of aliphatic hydroxyl groups excluding tert-OH is 1. The predicted molar refractivity (Wildman–Crippen MR) is 38.7 cm³/mol. The van der Waals surface area contributed by atoms with Crippen LogP contribution in [0, 0.1) is 12.7 Å². The molecular weight excluding hydrogens is 147 g/mol. The fourth-order valence-corrected chi connectivity index (χ4v) is 0.826. The summed E-state index contributed by atoms with van der Waals surface area (Å²) in [6, 6.07) is 2.42. The highest BCUT2D eigenvalue weighted by Gasteiger charge is 2.04. The molecule has 0 aromatic heterocycles. The summed E-state index contributed by atoms with van der Waals surface area (Å²) in [5, 5.41) is 17.7. The molecule has 2 N–H and O–H groups in total. The van der Waals surface area contributed by atoms with Crippen LogP contribution in [-0.4, -0.2) is 10.2 Å². The van der Waals surface area contributed by atoms with E-state index in [2.05, 4.69) is 0 Å². The predicted octanol–water partition coefficient (Wildman–Crippen LogP) is 1.33. The second kappa shape index (κ2) is 2.88. The molecule has 0 saturated heterocycles. The lowest BCUT2D eigenvalue weighted by molar-refractivity contribution is 0.275. The van der Waals surface area contributed by atoms with Gasteiger partial charge in [0.15, 0.2) is 0 Å². The van der Waals surface area contributed by atoms with E-state index in [-0.39, 0.29) is 17.9 Å². The molecule has 0 aliphatic carbocycles. The quantitative estimate of drug-likeness (QED) is 0.644. The number of aromatic hydroxyl groups is 1. The van der Waals surface area contributed by atoms with Gasteiger partial charge in [0.05, 0.1) is 6.61 Å². The Bertz CT molecular complexity index is 271. The lowest BCUT2D eigenvalue weighted by atomic mass is 10.1. The minimum absolute atomic E-state index is 0.00968. The molecule has 3 heteroatoms. The van der Waals surface area contributed by atoms with Crippen molar-refractivity contribution in [3.05, 3.63) is 29.1 Å². The fraction of sp³-hybridized carbons (Fsp3) is 0.250. The van der Waals surface area contributed by atoms with Crippen LogP contribution in [0.25, 0.3) is 0 Å². The summed E-state index contributed by atoms with van der Waals surface area (Å²) in [6.07, 6.45) is 0. The summed E-state index contributed by atoms with van der Waals surface area (Å²) in [5.74, 6) is -0.474. The number of phenols is 1. The van der Waals surface area contributed by atoms with Crippen molar-refractivity contribution >= 4 is 0 Å². The zero-order chi connectivity index (χ0) is 8.43. The summed E-state index contributed by atoms with van der Waals surface area (Å²) in [5.41, 5.74) is 0.591. The van der Waals surface area contributed by atoms with Gasteiger partial charge in [-0.15, -0.1) is 0 Å². The van der Waals surface area contributed by atoms with E-state index in [0.29, 0.717) is 5.56 Å². The molecule has 0 atom stereocenters.